The number of benzene rings is 1. The van der Waals surface area contributed by atoms with Crippen LogP contribution in [0.5, 0.6) is 0 Å². The lowest BCUT2D eigenvalue weighted by atomic mass is 10.1. The van der Waals surface area contributed by atoms with Crippen LogP contribution in [0.2, 0.25) is 0 Å². The van der Waals surface area contributed by atoms with Crippen molar-refractivity contribution in [2.45, 2.75) is 32.4 Å². The average Bonchev–Trinajstić information content (AvgIpc) is 3.32. The number of amides is 1. The van der Waals surface area contributed by atoms with Crippen molar-refractivity contribution in [3.05, 3.63) is 59.4 Å². The van der Waals surface area contributed by atoms with E-state index in [9.17, 15) is 4.79 Å². The maximum Gasteiger partial charge on any atom is 0.256 e. The lowest BCUT2D eigenvalue weighted by Gasteiger charge is -2.23. The maximum atomic E-state index is 12.8. The van der Waals surface area contributed by atoms with Crippen LogP contribution >= 0.6 is 0 Å². The third-order valence-electron chi connectivity index (χ3n) is 3.79. The number of pyridine rings is 1. The highest BCUT2D eigenvalue weighted by Crippen LogP contribution is 2.31. The van der Waals surface area contributed by atoms with Crippen molar-refractivity contribution in [1.29, 1.82) is 0 Å². The number of nitrogens with two attached hydrogens (primary N) is 1. The van der Waals surface area contributed by atoms with Crippen molar-refractivity contribution in [2.75, 3.05) is 5.73 Å². The fraction of sp³-hybridized carbons (Fsp3) is 0.294. The molecule has 0 saturated heterocycles. The third kappa shape index (κ3) is 3.05. The van der Waals surface area contributed by atoms with Gasteiger partial charge in [0.2, 0.25) is 0 Å². The molecular formula is C17H19N3O. The molecule has 2 N–H and O–H groups in total. The summed E-state index contributed by atoms with van der Waals surface area (Å²) in [6.07, 6.45) is 5.66. The molecule has 2 aromatic rings. The molecule has 1 amide bonds. The molecule has 1 fully saturated rings. The number of rotatable bonds is 4. The van der Waals surface area contributed by atoms with E-state index >= 15 is 0 Å². The topological polar surface area (TPSA) is 59.2 Å². The average molecular weight is 281 g/mol. The number of carbonyl (C=O) groups is 1. The van der Waals surface area contributed by atoms with Gasteiger partial charge in [0.05, 0.1) is 5.56 Å². The Morgan fingerprint density at radius 2 is 2.00 bits per heavy atom. The van der Waals surface area contributed by atoms with Gasteiger partial charge in [0.1, 0.15) is 0 Å². The lowest BCUT2D eigenvalue weighted by molar-refractivity contribution is 0.0731. The number of aryl methyl sites for hydroxylation is 1. The zero-order chi connectivity index (χ0) is 14.8. The summed E-state index contributed by atoms with van der Waals surface area (Å²) in [5, 5.41) is 0. The molecule has 1 heterocycles. The predicted molar refractivity (Wildman–Crippen MR) is 82.7 cm³/mol. The van der Waals surface area contributed by atoms with Gasteiger partial charge < -0.3 is 10.6 Å². The second-order valence-electron chi connectivity index (χ2n) is 5.61. The Morgan fingerprint density at radius 3 is 2.67 bits per heavy atom. The molecule has 0 radical (unpaired) electrons. The monoisotopic (exact) mass is 281 g/mol. The number of carbonyl (C=O) groups excluding carboxylic acids is 1. The summed E-state index contributed by atoms with van der Waals surface area (Å²) in [5.74, 6) is 0.0236. The second kappa shape index (κ2) is 5.56. The molecule has 108 valence electrons. The molecule has 1 aliphatic rings. The lowest BCUT2D eigenvalue weighted by Crippen LogP contribution is -2.33. The fourth-order valence-electron chi connectivity index (χ4n) is 2.45. The minimum absolute atomic E-state index is 0.0236. The van der Waals surface area contributed by atoms with Gasteiger partial charge in [-0.15, -0.1) is 0 Å². The number of aromatic nitrogens is 1. The van der Waals surface area contributed by atoms with Crippen LogP contribution in [0.1, 0.15) is 34.3 Å². The first kappa shape index (κ1) is 13.6. The molecule has 1 saturated carbocycles. The van der Waals surface area contributed by atoms with Crippen molar-refractivity contribution in [3.8, 4) is 0 Å². The van der Waals surface area contributed by atoms with E-state index in [0.29, 0.717) is 23.8 Å². The fourth-order valence-corrected chi connectivity index (χ4v) is 2.45. The number of hydrogen-bond donors (Lipinski definition) is 1. The summed E-state index contributed by atoms with van der Waals surface area (Å²) in [6.45, 7) is 2.58. The third-order valence-corrected chi connectivity index (χ3v) is 3.79. The van der Waals surface area contributed by atoms with Crippen LogP contribution in [-0.2, 0) is 6.54 Å². The van der Waals surface area contributed by atoms with Gasteiger partial charge in [-0.3, -0.25) is 9.78 Å². The Labute approximate surface area is 124 Å². The summed E-state index contributed by atoms with van der Waals surface area (Å²) in [4.78, 5) is 18.8. The molecule has 0 bridgehead atoms. The quantitative estimate of drug-likeness (QED) is 0.877. The van der Waals surface area contributed by atoms with Gasteiger partial charge in [-0.25, -0.2) is 0 Å². The number of hydrogen-bond acceptors (Lipinski definition) is 3. The summed E-state index contributed by atoms with van der Waals surface area (Å²) in [7, 11) is 0. The van der Waals surface area contributed by atoms with Crippen LogP contribution in [0.3, 0.4) is 0 Å². The van der Waals surface area contributed by atoms with E-state index in [1.165, 1.54) is 0 Å². The first-order valence-corrected chi connectivity index (χ1v) is 7.21. The van der Waals surface area contributed by atoms with Crippen LogP contribution in [0.25, 0.3) is 0 Å². The van der Waals surface area contributed by atoms with E-state index < -0.39 is 0 Å². The van der Waals surface area contributed by atoms with E-state index in [-0.39, 0.29) is 5.91 Å². The standard InChI is InChI=1S/C17H19N3O/c1-12-2-5-16(18)15(10-12)17(21)20(14-3-4-14)11-13-6-8-19-9-7-13/h2,5-10,14H,3-4,11,18H2,1H3. The van der Waals surface area contributed by atoms with Gasteiger partial charge in [0, 0.05) is 30.7 Å². The smallest absolute Gasteiger partial charge is 0.256 e. The first-order valence-electron chi connectivity index (χ1n) is 7.21. The minimum Gasteiger partial charge on any atom is -0.398 e. The Bertz CT molecular complexity index is 650. The Kier molecular flexibility index (Phi) is 3.60. The summed E-state index contributed by atoms with van der Waals surface area (Å²) >= 11 is 0. The molecule has 0 unspecified atom stereocenters. The SMILES string of the molecule is Cc1ccc(N)c(C(=O)N(Cc2ccncc2)C2CC2)c1. The molecule has 1 aliphatic carbocycles. The van der Waals surface area contributed by atoms with Crippen molar-refractivity contribution in [3.63, 3.8) is 0 Å². The highest BCUT2D eigenvalue weighted by molar-refractivity contribution is 5.99. The van der Waals surface area contributed by atoms with Crippen LogP contribution in [0.4, 0.5) is 5.69 Å². The second-order valence-corrected chi connectivity index (χ2v) is 5.61. The zero-order valence-corrected chi connectivity index (χ0v) is 12.1. The Morgan fingerprint density at radius 1 is 1.29 bits per heavy atom. The molecule has 4 nitrogen and oxygen atoms in total. The van der Waals surface area contributed by atoms with Crippen molar-refractivity contribution in [1.82, 2.24) is 9.88 Å². The Balaban J connectivity index is 1.87. The van der Waals surface area contributed by atoms with Gasteiger partial charge in [0.15, 0.2) is 0 Å². The summed E-state index contributed by atoms with van der Waals surface area (Å²) in [6, 6.07) is 9.84. The van der Waals surface area contributed by atoms with Crippen molar-refractivity contribution >= 4 is 11.6 Å². The normalized spacial score (nSPS) is 14.0. The van der Waals surface area contributed by atoms with E-state index in [1.54, 1.807) is 18.5 Å². The predicted octanol–water partition coefficient (Wildman–Crippen LogP) is 2.78. The summed E-state index contributed by atoms with van der Waals surface area (Å²) in [5.41, 5.74) is 9.28. The highest BCUT2D eigenvalue weighted by Gasteiger charge is 2.33. The van der Waals surface area contributed by atoms with Crippen molar-refractivity contribution in [2.24, 2.45) is 0 Å². The molecule has 21 heavy (non-hydrogen) atoms. The van der Waals surface area contributed by atoms with E-state index in [4.69, 9.17) is 5.73 Å². The van der Waals surface area contributed by atoms with Gasteiger partial charge in [-0.1, -0.05) is 11.6 Å². The van der Waals surface area contributed by atoms with Crippen LogP contribution < -0.4 is 5.73 Å². The van der Waals surface area contributed by atoms with Crippen LogP contribution in [0, 0.1) is 6.92 Å². The molecule has 1 aromatic heterocycles. The van der Waals surface area contributed by atoms with E-state index in [0.717, 1.165) is 24.0 Å². The summed E-state index contributed by atoms with van der Waals surface area (Å²) < 4.78 is 0. The van der Waals surface area contributed by atoms with E-state index in [1.807, 2.05) is 36.1 Å². The number of nitrogens with zero attached hydrogens (tertiary/aromatic N) is 2. The molecule has 0 atom stereocenters. The van der Waals surface area contributed by atoms with Gasteiger partial charge >= 0.3 is 0 Å². The zero-order valence-electron chi connectivity index (χ0n) is 12.1. The molecular weight excluding hydrogens is 262 g/mol. The van der Waals surface area contributed by atoms with Gasteiger partial charge in [0.25, 0.3) is 5.91 Å². The first-order chi connectivity index (χ1) is 10.1. The molecule has 1 aromatic carbocycles. The van der Waals surface area contributed by atoms with Crippen LogP contribution in [0.15, 0.2) is 42.7 Å². The van der Waals surface area contributed by atoms with Crippen LogP contribution in [-0.4, -0.2) is 21.8 Å². The molecule has 4 heteroatoms. The molecule has 0 spiro atoms. The molecule has 0 aliphatic heterocycles. The number of anilines is 1. The van der Waals surface area contributed by atoms with Crippen molar-refractivity contribution < 1.29 is 4.79 Å². The Hall–Kier alpha value is -2.36. The van der Waals surface area contributed by atoms with Gasteiger partial charge in [-0.05, 0) is 49.6 Å². The maximum absolute atomic E-state index is 12.8. The highest BCUT2D eigenvalue weighted by atomic mass is 16.2. The minimum atomic E-state index is 0.0236. The molecule has 3 rings (SSSR count). The van der Waals surface area contributed by atoms with E-state index in [2.05, 4.69) is 4.98 Å². The van der Waals surface area contributed by atoms with Gasteiger partial charge in [-0.2, -0.15) is 0 Å². The number of nitrogen functional groups attached to an aromatic ring is 1. The largest absolute Gasteiger partial charge is 0.398 e.